The number of carboxylic acid groups (broad SMARTS) is 1. The van der Waals surface area contributed by atoms with Crippen molar-refractivity contribution in [2.24, 2.45) is 5.73 Å². The van der Waals surface area contributed by atoms with Crippen molar-refractivity contribution in [2.75, 3.05) is 5.32 Å². The highest BCUT2D eigenvalue weighted by Gasteiger charge is 2.18. The molecular formula is C10H15N3O3S. The molecule has 0 spiro atoms. The lowest BCUT2D eigenvalue weighted by molar-refractivity contribution is -0.138. The van der Waals surface area contributed by atoms with Gasteiger partial charge in [-0.05, 0) is 13.3 Å². The van der Waals surface area contributed by atoms with Crippen molar-refractivity contribution in [2.45, 2.75) is 32.7 Å². The number of carboxylic acids is 1. The van der Waals surface area contributed by atoms with Crippen molar-refractivity contribution in [3.8, 4) is 0 Å². The van der Waals surface area contributed by atoms with Crippen LogP contribution in [0.1, 0.15) is 23.9 Å². The number of carbonyl (C=O) groups is 2. The van der Waals surface area contributed by atoms with Crippen LogP contribution < -0.4 is 11.1 Å². The zero-order valence-corrected chi connectivity index (χ0v) is 10.5. The van der Waals surface area contributed by atoms with E-state index in [1.807, 2.05) is 13.8 Å². The third-order valence-electron chi connectivity index (χ3n) is 2.19. The van der Waals surface area contributed by atoms with E-state index in [1.54, 1.807) is 0 Å². The first-order valence-corrected chi connectivity index (χ1v) is 6.00. The molecule has 0 fully saturated rings. The average molecular weight is 257 g/mol. The Morgan fingerprint density at radius 2 is 2.24 bits per heavy atom. The van der Waals surface area contributed by atoms with Crippen LogP contribution in [0.25, 0.3) is 0 Å². The van der Waals surface area contributed by atoms with E-state index >= 15 is 0 Å². The summed E-state index contributed by atoms with van der Waals surface area (Å²) >= 11 is 1.36. The van der Waals surface area contributed by atoms with Crippen molar-refractivity contribution in [3.05, 3.63) is 10.6 Å². The summed E-state index contributed by atoms with van der Waals surface area (Å²) in [7, 11) is 0. The van der Waals surface area contributed by atoms with E-state index in [1.165, 1.54) is 11.3 Å². The third-order valence-corrected chi connectivity index (χ3v) is 3.12. The van der Waals surface area contributed by atoms with Gasteiger partial charge < -0.3 is 16.2 Å². The molecule has 0 saturated carbocycles. The molecule has 0 radical (unpaired) electrons. The minimum absolute atomic E-state index is 0.392. The van der Waals surface area contributed by atoms with E-state index in [9.17, 15) is 9.59 Å². The molecule has 7 heteroatoms. The number of anilines is 1. The molecule has 0 aliphatic heterocycles. The molecule has 17 heavy (non-hydrogen) atoms. The molecule has 4 N–H and O–H groups in total. The molecule has 0 saturated heterocycles. The highest BCUT2D eigenvalue weighted by atomic mass is 32.1. The lowest BCUT2D eigenvalue weighted by atomic mass is 10.2. The van der Waals surface area contributed by atoms with Gasteiger partial charge in [0.15, 0.2) is 5.13 Å². The van der Waals surface area contributed by atoms with Gasteiger partial charge in [-0.1, -0.05) is 6.92 Å². The van der Waals surface area contributed by atoms with E-state index in [2.05, 4.69) is 10.3 Å². The summed E-state index contributed by atoms with van der Waals surface area (Å²) in [6, 6.07) is -1.05. The number of nitrogens with two attached hydrogens (primary N) is 1. The second-order valence-electron chi connectivity index (χ2n) is 3.57. The zero-order valence-electron chi connectivity index (χ0n) is 9.69. The number of rotatable bonds is 5. The van der Waals surface area contributed by atoms with Crippen LogP contribution >= 0.6 is 11.3 Å². The quantitative estimate of drug-likeness (QED) is 0.722. The van der Waals surface area contributed by atoms with Crippen molar-refractivity contribution in [3.63, 3.8) is 0 Å². The predicted molar refractivity (Wildman–Crippen MR) is 65.1 cm³/mol. The summed E-state index contributed by atoms with van der Waals surface area (Å²) in [6.45, 7) is 3.90. The summed E-state index contributed by atoms with van der Waals surface area (Å²) in [5, 5.41) is 11.5. The largest absolute Gasteiger partial charge is 0.481 e. The monoisotopic (exact) mass is 257 g/mol. The number of nitrogens with one attached hydrogen (secondary N) is 1. The summed E-state index contributed by atoms with van der Waals surface area (Å²) in [5.74, 6) is -1.62. The van der Waals surface area contributed by atoms with E-state index in [0.717, 1.165) is 17.0 Å². The maximum absolute atomic E-state index is 11.5. The fourth-order valence-corrected chi connectivity index (χ4v) is 2.19. The van der Waals surface area contributed by atoms with E-state index in [4.69, 9.17) is 10.8 Å². The fraction of sp³-hybridized carbons (Fsp3) is 0.500. The third kappa shape index (κ3) is 3.79. The van der Waals surface area contributed by atoms with Crippen molar-refractivity contribution in [1.29, 1.82) is 0 Å². The first kappa shape index (κ1) is 13.6. The standard InChI is InChI=1S/C10H15N3O3S/c1-3-7-5(2)17-10(12-7)13-9(16)6(11)4-8(14)15/h6H,3-4,11H2,1-2H3,(H,14,15)(H,12,13,16). The Kier molecular flexibility index (Phi) is 4.59. The minimum Gasteiger partial charge on any atom is -0.481 e. The first-order chi connectivity index (χ1) is 7.93. The Labute approximate surface area is 103 Å². The van der Waals surface area contributed by atoms with Crippen LogP contribution in [-0.2, 0) is 16.0 Å². The number of aromatic nitrogens is 1. The van der Waals surface area contributed by atoms with Crippen LogP contribution in [-0.4, -0.2) is 28.0 Å². The summed E-state index contributed by atoms with van der Waals surface area (Å²) in [6.07, 6.45) is 0.399. The molecule has 0 aliphatic rings. The second-order valence-corrected chi connectivity index (χ2v) is 4.77. The molecule has 1 atom stereocenters. The van der Waals surface area contributed by atoms with Crippen molar-refractivity contribution >= 4 is 28.3 Å². The van der Waals surface area contributed by atoms with Gasteiger partial charge >= 0.3 is 5.97 Å². The molecule has 1 rings (SSSR count). The Morgan fingerprint density at radius 3 is 2.71 bits per heavy atom. The second kappa shape index (κ2) is 5.74. The number of carbonyl (C=O) groups excluding carboxylic acids is 1. The molecule has 1 amide bonds. The molecule has 94 valence electrons. The van der Waals surface area contributed by atoms with Gasteiger partial charge in [-0.15, -0.1) is 11.3 Å². The van der Waals surface area contributed by atoms with Crippen LogP contribution in [0.2, 0.25) is 0 Å². The van der Waals surface area contributed by atoms with Crippen molar-refractivity contribution < 1.29 is 14.7 Å². The number of hydrogen-bond acceptors (Lipinski definition) is 5. The van der Waals surface area contributed by atoms with Crippen LogP contribution in [0.5, 0.6) is 0 Å². The van der Waals surface area contributed by atoms with Crippen LogP contribution in [0.15, 0.2) is 0 Å². The Hall–Kier alpha value is -1.47. The number of hydrogen-bond donors (Lipinski definition) is 3. The van der Waals surface area contributed by atoms with Gasteiger partial charge in [-0.3, -0.25) is 9.59 Å². The van der Waals surface area contributed by atoms with Gasteiger partial charge in [0.25, 0.3) is 0 Å². The van der Waals surface area contributed by atoms with Crippen LogP contribution in [0.3, 0.4) is 0 Å². The smallest absolute Gasteiger partial charge is 0.305 e. The SMILES string of the molecule is CCc1nc(NC(=O)C(N)CC(=O)O)sc1C. The van der Waals surface area contributed by atoms with E-state index in [-0.39, 0.29) is 0 Å². The molecule has 0 bridgehead atoms. The van der Waals surface area contributed by atoms with Gasteiger partial charge in [0.1, 0.15) is 0 Å². The lowest BCUT2D eigenvalue weighted by Crippen LogP contribution is -2.37. The maximum Gasteiger partial charge on any atom is 0.305 e. The average Bonchev–Trinajstić information content (AvgIpc) is 2.57. The number of aliphatic carboxylic acids is 1. The molecule has 0 aliphatic carbocycles. The summed E-state index contributed by atoms with van der Waals surface area (Å²) in [4.78, 5) is 27.2. The summed E-state index contributed by atoms with van der Waals surface area (Å²) < 4.78 is 0. The zero-order chi connectivity index (χ0) is 13.0. The number of thiazole rings is 1. The lowest BCUT2D eigenvalue weighted by Gasteiger charge is -2.07. The number of amides is 1. The predicted octanol–water partition coefficient (Wildman–Crippen LogP) is 0.754. The summed E-state index contributed by atoms with van der Waals surface area (Å²) in [5.41, 5.74) is 6.36. The molecule has 0 aromatic carbocycles. The normalized spacial score (nSPS) is 12.2. The van der Waals surface area contributed by atoms with E-state index < -0.39 is 24.3 Å². The molecule has 1 unspecified atom stereocenters. The minimum atomic E-state index is -1.10. The molecule has 1 aromatic rings. The van der Waals surface area contributed by atoms with Gasteiger partial charge in [0.2, 0.25) is 5.91 Å². The highest BCUT2D eigenvalue weighted by molar-refractivity contribution is 7.15. The Balaban J connectivity index is 2.64. The molecule has 1 heterocycles. The maximum atomic E-state index is 11.5. The highest BCUT2D eigenvalue weighted by Crippen LogP contribution is 2.22. The molecular weight excluding hydrogens is 242 g/mol. The molecule has 6 nitrogen and oxygen atoms in total. The van der Waals surface area contributed by atoms with Crippen LogP contribution in [0, 0.1) is 6.92 Å². The molecule has 1 aromatic heterocycles. The van der Waals surface area contributed by atoms with Crippen LogP contribution in [0.4, 0.5) is 5.13 Å². The fourth-order valence-electron chi connectivity index (χ4n) is 1.29. The topological polar surface area (TPSA) is 105 Å². The van der Waals surface area contributed by atoms with Gasteiger partial charge in [0, 0.05) is 4.88 Å². The van der Waals surface area contributed by atoms with Gasteiger partial charge in [-0.25, -0.2) is 4.98 Å². The Bertz CT molecular complexity index is 430. The first-order valence-electron chi connectivity index (χ1n) is 5.18. The van der Waals surface area contributed by atoms with Gasteiger partial charge in [-0.2, -0.15) is 0 Å². The van der Waals surface area contributed by atoms with Gasteiger partial charge in [0.05, 0.1) is 18.2 Å². The number of aryl methyl sites for hydroxylation is 2. The number of nitrogens with zero attached hydrogens (tertiary/aromatic N) is 1. The van der Waals surface area contributed by atoms with E-state index in [0.29, 0.717) is 5.13 Å². The van der Waals surface area contributed by atoms with Crippen molar-refractivity contribution in [1.82, 2.24) is 4.98 Å². The Morgan fingerprint density at radius 1 is 1.59 bits per heavy atom.